The average molecular weight is 405 g/mol. The predicted molar refractivity (Wildman–Crippen MR) is 89.9 cm³/mol. The molecule has 1 aromatic heterocycles. The van der Waals surface area contributed by atoms with Gasteiger partial charge < -0.3 is 10.1 Å². The first-order valence-electron chi connectivity index (χ1n) is 7.63. The highest BCUT2D eigenvalue weighted by Crippen LogP contribution is 2.39. The van der Waals surface area contributed by atoms with E-state index in [1.165, 1.54) is 7.11 Å². The second-order valence-electron chi connectivity index (χ2n) is 5.69. The number of carbonyl (C=O) groups is 1. The van der Waals surface area contributed by atoms with Crippen LogP contribution in [0.4, 0.5) is 0 Å². The molecule has 0 spiro atoms. The second-order valence-corrected chi connectivity index (χ2v) is 6.93. The van der Waals surface area contributed by atoms with Crippen molar-refractivity contribution < 1.29 is 9.53 Å². The molecule has 5 nitrogen and oxygen atoms in total. The van der Waals surface area contributed by atoms with E-state index in [1.807, 2.05) is 17.1 Å². The van der Waals surface area contributed by atoms with Crippen LogP contribution in [0.3, 0.4) is 0 Å². The fraction of sp³-hybridized carbons (Fsp3) is 0.733. The third kappa shape index (κ3) is 3.77. The first-order valence-corrected chi connectivity index (χ1v) is 8.71. The zero-order valence-corrected chi connectivity index (χ0v) is 14.9. The summed E-state index contributed by atoms with van der Waals surface area (Å²) in [5.41, 5.74) is -0.495. The summed E-state index contributed by atoms with van der Waals surface area (Å²) in [6.07, 6.45) is 8.89. The molecular weight excluding hydrogens is 381 g/mol. The number of aryl methyl sites for hydroxylation is 1. The topological polar surface area (TPSA) is 56.1 Å². The molecule has 0 bridgehead atoms. The van der Waals surface area contributed by atoms with Crippen LogP contribution in [-0.4, -0.2) is 34.9 Å². The predicted octanol–water partition coefficient (Wildman–Crippen LogP) is 2.59. The fourth-order valence-corrected chi connectivity index (χ4v) is 3.77. The summed E-state index contributed by atoms with van der Waals surface area (Å²) in [5, 5.41) is 7.81. The lowest BCUT2D eigenvalue weighted by Crippen LogP contribution is -2.55. The van der Waals surface area contributed by atoms with E-state index >= 15 is 0 Å². The van der Waals surface area contributed by atoms with Gasteiger partial charge in [0.2, 0.25) is 0 Å². The average Bonchev–Trinajstić information content (AvgIpc) is 3.09. The fourth-order valence-electron chi connectivity index (χ4n) is 3.32. The summed E-state index contributed by atoms with van der Waals surface area (Å²) in [6.45, 7) is 3.82. The van der Waals surface area contributed by atoms with Crippen LogP contribution in [-0.2, 0) is 16.1 Å². The highest BCUT2D eigenvalue weighted by atomic mass is 127. The Bertz CT molecular complexity index is 477. The van der Waals surface area contributed by atoms with Crippen LogP contribution < -0.4 is 5.32 Å². The highest BCUT2D eigenvalue weighted by Gasteiger charge is 2.49. The Labute approximate surface area is 139 Å². The van der Waals surface area contributed by atoms with Gasteiger partial charge in [0.1, 0.15) is 5.54 Å². The smallest absolute Gasteiger partial charge is 0.326 e. The molecule has 1 fully saturated rings. The van der Waals surface area contributed by atoms with Crippen molar-refractivity contribution >= 4 is 28.6 Å². The minimum Gasteiger partial charge on any atom is -0.468 e. The summed E-state index contributed by atoms with van der Waals surface area (Å²) in [4.78, 5) is 12.4. The Balaban J connectivity index is 2.05. The Kier molecular flexibility index (Phi) is 6.04. The number of nitrogens with one attached hydrogen (secondary N) is 1. The molecule has 0 aromatic carbocycles. The van der Waals surface area contributed by atoms with Crippen LogP contribution in [0.1, 0.15) is 39.0 Å². The molecule has 1 aliphatic carbocycles. The second kappa shape index (κ2) is 7.58. The van der Waals surface area contributed by atoms with E-state index in [9.17, 15) is 4.79 Å². The Morgan fingerprint density at radius 2 is 2.48 bits per heavy atom. The van der Waals surface area contributed by atoms with Crippen molar-refractivity contribution in [2.45, 2.75) is 51.1 Å². The number of nitrogens with zero attached hydrogens (tertiary/aromatic N) is 2. The number of halogens is 1. The summed E-state index contributed by atoms with van der Waals surface area (Å²) >= 11 is 2.26. The molecule has 0 radical (unpaired) electrons. The van der Waals surface area contributed by atoms with Crippen LogP contribution in [0.25, 0.3) is 0 Å². The molecular formula is C15H24IN3O2. The molecule has 6 heteroatoms. The van der Waals surface area contributed by atoms with Gasteiger partial charge in [0, 0.05) is 12.7 Å². The standard InChI is InChI=1S/C15H24IN3O2/c1-3-8-17-15(14(20)21-2)7-4-5-12(15)6-9-19-11-13(16)10-18-19/h10-12,17H,3-9H2,1-2H3. The minimum absolute atomic E-state index is 0.103. The molecule has 2 atom stereocenters. The normalized spacial score (nSPS) is 25.2. The van der Waals surface area contributed by atoms with E-state index < -0.39 is 5.54 Å². The molecule has 1 heterocycles. The molecule has 0 aliphatic heterocycles. The first kappa shape index (κ1) is 16.7. The van der Waals surface area contributed by atoms with E-state index in [4.69, 9.17) is 4.74 Å². The van der Waals surface area contributed by atoms with Gasteiger partial charge in [-0.1, -0.05) is 13.3 Å². The molecule has 21 heavy (non-hydrogen) atoms. The third-order valence-corrected chi connectivity index (χ3v) is 4.93. The van der Waals surface area contributed by atoms with Crippen LogP contribution >= 0.6 is 22.6 Å². The molecule has 118 valence electrons. The Morgan fingerprint density at radius 3 is 3.10 bits per heavy atom. The minimum atomic E-state index is -0.495. The van der Waals surface area contributed by atoms with Gasteiger partial charge >= 0.3 is 5.97 Å². The quantitative estimate of drug-likeness (QED) is 0.560. The van der Waals surface area contributed by atoms with Gasteiger partial charge in [0.25, 0.3) is 0 Å². The molecule has 0 amide bonds. The summed E-state index contributed by atoms with van der Waals surface area (Å²) in [6, 6.07) is 0. The first-order chi connectivity index (χ1) is 10.1. The molecule has 1 aliphatic rings. The lowest BCUT2D eigenvalue weighted by Gasteiger charge is -2.34. The molecule has 1 N–H and O–H groups in total. The van der Waals surface area contributed by atoms with Gasteiger partial charge in [0.15, 0.2) is 0 Å². The van der Waals surface area contributed by atoms with Gasteiger partial charge in [-0.05, 0) is 60.7 Å². The van der Waals surface area contributed by atoms with Gasteiger partial charge in [0.05, 0.1) is 16.9 Å². The van der Waals surface area contributed by atoms with Crippen molar-refractivity contribution in [3.63, 3.8) is 0 Å². The van der Waals surface area contributed by atoms with Crippen molar-refractivity contribution in [3.8, 4) is 0 Å². The van der Waals surface area contributed by atoms with Gasteiger partial charge in [-0.2, -0.15) is 5.10 Å². The zero-order valence-electron chi connectivity index (χ0n) is 12.8. The number of aromatic nitrogens is 2. The maximum absolute atomic E-state index is 12.4. The summed E-state index contributed by atoms with van der Waals surface area (Å²) in [5.74, 6) is 0.215. The Morgan fingerprint density at radius 1 is 1.67 bits per heavy atom. The highest BCUT2D eigenvalue weighted by molar-refractivity contribution is 14.1. The number of hydrogen-bond donors (Lipinski definition) is 1. The van der Waals surface area contributed by atoms with E-state index in [1.54, 1.807) is 0 Å². The lowest BCUT2D eigenvalue weighted by molar-refractivity contribution is -0.150. The van der Waals surface area contributed by atoms with Crippen LogP contribution in [0, 0.1) is 9.49 Å². The third-order valence-electron chi connectivity index (χ3n) is 4.37. The van der Waals surface area contributed by atoms with Crippen LogP contribution in [0.2, 0.25) is 0 Å². The monoisotopic (exact) mass is 405 g/mol. The van der Waals surface area contributed by atoms with Crippen LogP contribution in [0.15, 0.2) is 12.4 Å². The number of esters is 1. The van der Waals surface area contributed by atoms with E-state index in [0.717, 1.165) is 48.8 Å². The van der Waals surface area contributed by atoms with E-state index in [0.29, 0.717) is 5.92 Å². The zero-order chi connectivity index (χ0) is 15.3. The maximum Gasteiger partial charge on any atom is 0.326 e. The van der Waals surface area contributed by atoms with E-state index in [2.05, 4.69) is 39.9 Å². The van der Waals surface area contributed by atoms with Crippen LogP contribution in [0.5, 0.6) is 0 Å². The number of rotatable bonds is 7. The van der Waals surface area contributed by atoms with E-state index in [-0.39, 0.29) is 5.97 Å². The summed E-state index contributed by atoms with van der Waals surface area (Å²) in [7, 11) is 1.49. The molecule has 2 rings (SSSR count). The number of ether oxygens (including phenoxy) is 1. The van der Waals surface area contributed by atoms with Crippen molar-refractivity contribution in [1.29, 1.82) is 0 Å². The number of hydrogen-bond acceptors (Lipinski definition) is 4. The SMILES string of the molecule is CCCNC1(C(=O)OC)CCCC1CCn1cc(I)cn1. The van der Waals surface area contributed by atoms with Crippen molar-refractivity contribution in [3.05, 3.63) is 16.0 Å². The van der Waals surface area contributed by atoms with Crippen molar-refractivity contribution in [1.82, 2.24) is 15.1 Å². The van der Waals surface area contributed by atoms with Gasteiger partial charge in [-0.15, -0.1) is 0 Å². The summed E-state index contributed by atoms with van der Waals surface area (Å²) < 4.78 is 8.20. The van der Waals surface area contributed by atoms with Gasteiger partial charge in [-0.25, -0.2) is 0 Å². The van der Waals surface area contributed by atoms with Gasteiger partial charge in [-0.3, -0.25) is 9.48 Å². The maximum atomic E-state index is 12.4. The largest absolute Gasteiger partial charge is 0.468 e. The molecule has 1 aromatic rings. The van der Waals surface area contributed by atoms with Crippen molar-refractivity contribution in [2.75, 3.05) is 13.7 Å². The lowest BCUT2D eigenvalue weighted by atomic mass is 9.84. The Hall–Kier alpha value is -0.630. The number of carbonyl (C=O) groups excluding carboxylic acids is 1. The molecule has 0 saturated heterocycles. The molecule has 1 saturated carbocycles. The molecule has 2 unspecified atom stereocenters. The van der Waals surface area contributed by atoms with Crippen molar-refractivity contribution in [2.24, 2.45) is 5.92 Å². The number of methoxy groups -OCH3 is 1.